The lowest BCUT2D eigenvalue weighted by molar-refractivity contribution is -0.268. The number of thiophene rings is 1. The standard InChI is InChI=1S/C18H14N2O4S/c1-10(15-6-7-16(25-15)18(23)24)19-20-17(22)13-8-11-4-2-3-5-12(11)9-14(13)21/h2-9,21H,1H3,(H,20,22)(H,23,24)/p-1/b19-10-. The summed E-state index contributed by atoms with van der Waals surface area (Å²) in [6.07, 6.45) is 0. The number of hydrogen-bond acceptors (Lipinski definition) is 5. The molecule has 0 saturated carbocycles. The Morgan fingerprint density at radius 3 is 2.36 bits per heavy atom. The van der Waals surface area contributed by atoms with Gasteiger partial charge in [0.05, 0.1) is 10.6 Å². The van der Waals surface area contributed by atoms with Gasteiger partial charge in [-0.3, -0.25) is 4.79 Å². The molecule has 0 aliphatic heterocycles. The third kappa shape index (κ3) is 3.51. The van der Waals surface area contributed by atoms with Crippen LogP contribution in [0.3, 0.4) is 0 Å². The summed E-state index contributed by atoms with van der Waals surface area (Å²) >= 11 is 1.06. The van der Waals surface area contributed by atoms with Gasteiger partial charge < -0.3 is 10.2 Å². The maximum Gasteiger partial charge on any atom is 0.345 e. The molecule has 0 saturated heterocycles. The number of carbonyl (C=O) groups excluding carboxylic acids is 1. The predicted octanol–water partition coefficient (Wildman–Crippen LogP) is 2.83. The summed E-state index contributed by atoms with van der Waals surface area (Å²) in [4.78, 5) is 24.0. The second-order valence-corrected chi connectivity index (χ2v) is 6.39. The number of fused-ring (bicyclic) bond motifs is 1. The van der Waals surface area contributed by atoms with Crippen LogP contribution in [-0.4, -0.2) is 22.7 Å². The zero-order chi connectivity index (χ0) is 18.0. The molecule has 0 unspecified atom stereocenters. The molecule has 0 atom stereocenters. The molecular formula is C18H13N2O4S-. The average Bonchev–Trinajstić information content (AvgIpc) is 3.09. The molecule has 1 amide bonds. The number of amides is 1. The van der Waals surface area contributed by atoms with E-state index in [1.807, 2.05) is 18.2 Å². The molecule has 2 aromatic carbocycles. The number of nitrogens with zero attached hydrogens (tertiary/aromatic N) is 1. The van der Waals surface area contributed by atoms with Crippen LogP contribution in [0.5, 0.6) is 5.75 Å². The number of hydrogen-bond donors (Lipinski definition) is 2. The van der Waals surface area contributed by atoms with E-state index in [1.165, 1.54) is 18.2 Å². The highest BCUT2D eigenvalue weighted by atomic mass is 32.1. The fraction of sp³-hybridized carbons (Fsp3) is 0.0556. The Morgan fingerprint density at radius 2 is 1.72 bits per heavy atom. The highest BCUT2D eigenvalue weighted by Gasteiger charge is 2.10. The van der Waals surface area contributed by atoms with E-state index < -0.39 is 11.9 Å². The van der Waals surface area contributed by atoms with Gasteiger partial charge in [-0.1, -0.05) is 36.1 Å². The molecule has 7 heteroatoms. The van der Waals surface area contributed by atoms with Gasteiger partial charge in [-0.25, -0.2) is 10.2 Å². The first kappa shape index (κ1) is 16.7. The number of benzene rings is 2. The van der Waals surface area contributed by atoms with Crippen LogP contribution in [0.4, 0.5) is 0 Å². The number of carboxylic acid groups (broad SMARTS) is 1. The molecule has 3 rings (SSSR count). The Bertz CT molecular complexity index is 1010. The summed E-state index contributed by atoms with van der Waals surface area (Å²) in [7, 11) is 0. The summed E-state index contributed by atoms with van der Waals surface area (Å²) in [5.41, 5.74) is 2.81. The second kappa shape index (κ2) is 6.74. The highest BCUT2D eigenvalue weighted by molar-refractivity contribution is 7.15. The molecule has 126 valence electrons. The van der Waals surface area contributed by atoms with Crippen LogP contribution in [0.1, 0.15) is 31.8 Å². The fourth-order valence-corrected chi connectivity index (χ4v) is 3.08. The van der Waals surface area contributed by atoms with Crippen molar-refractivity contribution in [1.82, 2.24) is 5.43 Å². The molecule has 25 heavy (non-hydrogen) atoms. The lowest BCUT2D eigenvalue weighted by Crippen LogP contribution is -2.20. The minimum absolute atomic E-state index is 0.00709. The first-order valence-electron chi connectivity index (χ1n) is 7.33. The van der Waals surface area contributed by atoms with Crippen molar-refractivity contribution in [2.45, 2.75) is 6.92 Å². The van der Waals surface area contributed by atoms with E-state index in [2.05, 4.69) is 10.5 Å². The minimum atomic E-state index is -1.01. The van der Waals surface area contributed by atoms with Crippen LogP contribution < -0.4 is 10.5 Å². The molecule has 0 bridgehead atoms. The van der Waals surface area contributed by atoms with Crippen LogP contribution in [0.2, 0.25) is 0 Å². The molecule has 1 aromatic heterocycles. The molecule has 0 spiro atoms. The van der Waals surface area contributed by atoms with E-state index >= 15 is 0 Å². The molecule has 6 nitrogen and oxygen atoms in total. The van der Waals surface area contributed by atoms with E-state index in [9.17, 15) is 14.7 Å². The van der Waals surface area contributed by atoms with Crippen LogP contribution in [0, 0.1) is 0 Å². The number of carbonyl (C=O) groups is 2. The lowest BCUT2D eigenvalue weighted by Gasteiger charge is -2.13. The summed E-state index contributed by atoms with van der Waals surface area (Å²) in [5, 5.41) is 26.5. The fourth-order valence-electron chi connectivity index (χ4n) is 2.29. The van der Waals surface area contributed by atoms with Crippen molar-refractivity contribution in [3.63, 3.8) is 0 Å². The summed E-state index contributed by atoms with van der Waals surface area (Å²) in [5.74, 6) is -2.00. The topological polar surface area (TPSA) is 102 Å². The molecular weight excluding hydrogens is 340 g/mol. The Labute approximate surface area is 147 Å². The van der Waals surface area contributed by atoms with Crippen LogP contribution in [-0.2, 0) is 0 Å². The normalized spacial score (nSPS) is 11.5. The quantitative estimate of drug-likeness (QED) is 0.556. The molecule has 1 heterocycles. The van der Waals surface area contributed by atoms with E-state index in [0.29, 0.717) is 10.6 Å². The van der Waals surface area contributed by atoms with Crippen molar-refractivity contribution in [3.05, 3.63) is 63.8 Å². The van der Waals surface area contributed by atoms with Gasteiger partial charge in [0, 0.05) is 5.56 Å². The van der Waals surface area contributed by atoms with Gasteiger partial charge in [-0.05, 0) is 35.9 Å². The molecule has 3 aromatic rings. The van der Waals surface area contributed by atoms with Crippen molar-refractivity contribution in [2.75, 3.05) is 0 Å². The predicted molar refractivity (Wildman–Crippen MR) is 94.3 cm³/mol. The maximum atomic E-state index is 12.2. The molecule has 2 N–H and O–H groups in total. The number of aromatic carboxylic acids is 1. The number of nitrogens with one attached hydrogen (secondary N) is 1. The van der Waals surface area contributed by atoms with Gasteiger partial charge >= 0.3 is 5.97 Å². The SMILES string of the molecule is C/C(=N/NC(=O)c1cc2ccccc2cc1[O-])c1ccc(C(=O)O)s1. The largest absolute Gasteiger partial charge is 0.872 e. The highest BCUT2D eigenvalue weighted by Crippen LogP contribution is 2.23. The minimum Gasteiger partial charge on any atom is -0.872 e. The molecule has 0 fully saturated rings. The zero-order valence-electron chi connectivity index (χ0n) is 13.1. The van der Waals surface area contributed by atoms with Gasteiger partial charge in [-0.2, -0.15) is 5.10 Å². The van der Waals surface area contributed by atoms with Gasteiger partial charge in [-0.15, -0.1) is 11.3 Å². The van der Waals surface area contributed by atoms with E-state index in [1.54, 1.807) is 19.1 Å². The Hall–Kier alpha value is -3.19. The van der Waals surface area contributed by atoms with Crippen molar-refractivity contribution < 1.29 is 19.8 Å². The zero-order valence-corrected chi connectivity index (χ0v) is 14.0. The Balaban J connectivity index is 1.81. The Kier molecular flexibility index (Phi) is 4.49. The number of carboxylic acids is 1. The third-order valence-electron chi connectivity index (χ3n) is 3.59. The van der Waals surface area contributed by atoms with E-state index in [-0.39, 0.29) is 16.2 Å². The van der Waals surface area contributed by atoms with Gasteiger partial charge in [0.1, 0.15) is 4.88 Å². The van der Waals surface area contributed by atoms with E-state index in [4.69, 9.17) is 5.11 Å². The molecule has 0 radical (unpaired) electrons. The third-order valence-corrected chi connectivity index (χ3v) is 4.77. The monoisotopic (exact) mass is 353 g/mol. The lowest BCUT2D eigenvalue weighted by atomic mass is 10.1. The summed E-state index contributed by atoms with van der Waals surface area (Å²) in [6.45, 7) is 1.65. The summed E-state index contributed by atoms with van der Waals surface area (Å²) in [6, 6.07) is 13.3. The average molecular weight is 353 g/mol. The van der Waals surface area contributed by atoms with Crippen molar-refractivity contribution in [1.29, 1.82) is 0 Å². The van der Waals surface area contributed by atoms with Crippen molar-refractivity contribution >= 4 is 39.7 Å². The number of rotatable bonds is 4. The van der Waals surface area contributed by atoms with Gasteiger partial charge in [0.15, 0.2) is 0 Å². The maximum absolute atomic E-state index is 12.2. The van der Waals surface area contributed by atoms with Crippen LogP contribution >= 0.6 is 11.3 Å². The number of hydrazone groups is 1. The van der Waals surface area contributed by atoms with Crippen molar-refractivity contribution in [2.24, 2.45) is 5.10 Å². The smallest absolute Gasteiger partial charge is 0.345 e. The second-order valence-electron chi connectivity index (χ2n) is 5.30. The molecule has 0 aliphatic rings. The van der Waals surface area contributed by atoms with Gasteiger partial charge in [0.25, 0.3) is 5.91 Å². The van der Waals surface area contributed by atoms with Crippen molar-refractivity contribution in [3.8, 4) is 5.75 Å². The first-order valence-corrected chi connectivity index (χ1v) is 8.15. The molecule has 0 aliphatic carbocycles. The van der Waals surface area contributed by atoms with Crippen LogP contribution in [0.15, 0.2) is 53.6 Å². The first-order chi connectivity index (χ1) is 12.0. The van der Waals surface area contributed by atoms with Gasteiger partial charge in [0.2, 0.25) is 0 Å². The summed E-state index contributed by atoms with van der Waals surface area (Å²) < 4.78 is 0. The van der Waals surface area contributed by atoms with E-state index in [0.717, 1.165) is 22.1 Å². The van der Waals surface area contributed by atoms with Crippen LogP contribution in [0.25, 0.3) is 10.8 Å². The Morgan fingerprint density at radius 1 is 1.08 bits per heavy atom.